The van der Waals surface area contributed by atoms with E-state index in [4.69, 9.17) is 18.9 Å². The van der Waals surface area contributed by atoms with E-state index in [0.29, 0.717) is 50.5 Å². The van der Waals surface area contributed by atoms with Gasteiger partial charge in [0.15, 0.2) is 0 Å². The third-order valence-corrected chi connectivity index (χ3v) is 17.9. The van der Waals surface area contributed by atoms with E-state index in [1.165, 1.54) is 161 Å². The van der Waals surface area contributed by atoms with E-state index in [0.717, 1.165) is 181 Å². The van der Waals surface area contributed by atoms with Crippen molar-refractivity contribution in [2.24, 2.45) is 11.8 Å². The number of nitrogens with zero attached hydrogens (tertiary/aromatic N) is 2. The SMILES string of the molecule is CCCCCCC(CCCC)C(=O)OCCCCCCCCCN(CCCCCCCCCOC(=O)C(CCCC)CCCCCC)CCCNC(=O)c1cccc(C(=O)NCCCN(CCCCCCCCCOC)CCCCCCCCCOC=O)c1. The average Bonchev–Trinajstić information content (AvgIpc) is 3.61. The highest BCUT2D eigenvalue weighted by atomic mass is 16.5. The van der Waals surface area contributed by atoms with Gasteiger partial charge in [-0.2, -0.15) is 0 Å². The van der Waals surface area contributed by atoms with Gasteiger partial charge in [-0.3, -0.25) is 24.0 Å². The molecule has 0 spiro atoms. The molecule has 0 aliphatic rings. The molecular formula is C76H140N4O9. The van der Waals surface area contributed by atoms with Gasteiger partial charge < -0.3 is 39.4 Å². The van der Waals surface area contributed by atoms with Gasteiger partial charge >= 0.3 is 11.9 Å². The minimum atomic E-state index is -0.142. The fourth-order valence-electron chi connectivity index (χ4n) is 12.1. The van der Waals surface area contributed by atoms with E-state index in [-0.39, 0.29) is 35.6 Å². The van der Waals surface area contributed by atoms with Crippen LogP contribution in [0.5, 0.6) is 0 Å². The standard InChI is InChI=1S/C76H140N4O9/c1-6-10-14-36-51-69(49-12-8-3)75(84)88-65-44-34-26-18-22-30-40-59-80(60-41-31-23-19-27-35-45-66-89-76(85)70(50-13-9-4)52-37-15-11-7-2)62-48-56-78-74(83)72-54-46-53-71(67-72)73(82)77-55-47-61-79(57-38-28-20-16-24-32-42-63-86-5)58-39-29-21-17-25-33-43-64-87-68-81/h46,53-54,67-70H,6-45,47-52,55-66H2,1-5H3,(H,77,82)(H,78,83). The van der Waals surface area contributed by atoms with Crippen molar-refractivity contribution >= 4 is 30.2 Å². The molecule has 1 aromatic carbocycles. The molecule has 2 atom stereocenters. The first-order valence-corrected chi connectivity index (χ1v) is 37.7. The summed E-state index contributed by atoms with van der Waals surface area (Å²) in [4.78, 5) is 68.2. The van der Waals surface area contributed by atoms with Gasteiger partial charge in [0.05, 0.1) is 31.7 Å². The van der Waals surface area contributed by atoms with E-state index >= 15 is 0 Å². The van der Waals surface area contributed by atoms with E-state index in [2.05, 4.69) is 48.1 Å². The van der Waals surface area contributed by atoms with Crippen LogP contribution in [0.25, 0.3) is 0 Å². The van der Waals surface area contributed by atoms with Gasteiger partial charge in [0.2, 0.25) is 0 Å². The highest BCUT2D eigenvalue weighted by Crippen LogP contribution is 2.22. The maximum Gasteiger partial charge on any atom is 0.308 e. The number of hydrogen-bond donors (Lipinski definition) is 2. The molecule has 0 heterocycles. The minimum Gasteiger partial charge on any atom is -0.468 e. The number of carbonyl (C=O) groups is 5. The fraction of sp³-hybridized carbons (Fsp3) is 0.855. The van der Waals surface area contributed by atoms with Crippen molar-refractivity contribution in [1.29, 1.82) is 0 Å². The van der Waals surface area contributed by atoms with Gasteiger partial charge in [-0.15, -0.1) is 0 Å². The van der Waals surface area contributed by atoms with Crippen molar-refractivity contribution in [3.63, 3.8) is 0 Å². The van der Waals surface area contributed by atoms with Crippen LogP contribution in [-0.4, -0.2) is 126 Å². The highest BCUT2D eigenvalue weighted by molar-refractivity contribution is 5.99. The lowest BCUT2D eigenvalue weighted by Gasteiger charge is -2.22. The maximum atomic E-state index is 13.5. The third kappa shape index (κ3) is 51.6. The summed E-state index contributed by atoms with van der Waals surface area (Å²) >= 11 is 0. The summed E-state index contributed by atoms with van der Waals surface area (Å²) in [6.45, 7) is 19.2. The van der Waals surface area contributed by atoms with Gasteiger partial charge in [-0.05, 0) is 147 Å². The largest absolute Gasteiger partial charge is 0.468 e. The number of carbonyl (C=O) groups excluding carboxylic acids is 5. The molecule has 0 saturated heterocycles. The zero-order valence-electron chi connectivity index (χ0n) is 58.6. The van der Waals surface area contributed by atoms with Gasteiger partial charge in [0.1, 0.15) is 0 Å². The summed E-state index contributed by atoms with van der Waals surface area (Å²) in [6.07, 6.45) is 52.4. The molecule has 2 amide bonds. The van der Waals surface area contributed by atoms with Crippen LogP contribution in [-0.2, 0) is 33.3 Å². The zero-order valence-corrected chi connectivity index (χ0v) is 58.6. The Hall–Kier alpha value is -3.55. The predicted octanol–water partition coefficient (Wildman–Crippen LogP) is 18.9. The molecule has 0 radical (unpaired) electrons. The molecule has 1 aromatic rings. The lowest BCUT2D eigenvalue weighted by atomic mass is 9.95. The zero-order chi connectivity index (χ0) is 64.6. The van der Waals surface area contributed by atoms with E-state index in [1.807, 2.05) is 6.07 Å². The summed E-state index contributed by atoms with van der Waals surface area (Å²) in [5.74, 6) is -0.0826. The number of amides is 2. The Bertz CT molecular complexity index is 1710. The summed E-state index contributed by atoms with van der Waals surface area (Å²) in [7, 11) is 1.78. The summed E-state index contributed by atoms with van der Waals surface area (Å²) in [5, 5.41) is 6.30. The Kier molecular flexibility index (Phi) is 60.5. The first-order chi connectivity index (χ1) is 43.7. The fourth-order valence-corrected chi connectivity index (χ4v) is 12.1. The molecule has 518 valence electrons. The molecule has 2 N–H and O–H groups in total. The van der Waals surface area contributed by atoms with Crippen LogP contribution in [0.15, 0.2) is 24.3 Å². The number of benzene rings is 1. The number of ether oxygens (including phenoxy) is 4. The van der Waals surface area contributed by atoms with Crippen LogP contribution < -0.4 is 10.6 Å². The van der Waals surface area contributed by atoms with Gasteiger partial charge in [0, 0.05) is 37.9 Å². The number of rotatable bonds is 69. The number of hydrogen-bond acceptors (Lipinski definition) is 11. The normalized spacial score (nSPS) is 12.2. The molecule has 2 unspecified atom stereocenters. The lowest BCUT2D eigenvalue weighted by molar-refractivity contribution is -0.150. The Labute approximate surface area is 547 Å². The predicted molar refractivity (Wildman–Crippen MR) is 372 cm³/mol. The maximum absolute atomic E-state index is 13.5. The average molecular weight is 1250 g/mol. The number of methoxy groups -OCH3 is 1. The monoisotopic (exact) mass is 1250 g/mol. The van der Waals surface area contributed by atoms with Crippen LogP contribution in [0, 0.1) is 11.8 Å². The molecule has 0 fully saturated rings. The molecule has 13 nitrogen and oxygen atoms in total. The molecule has 13 heteroatoms. The second kappa shape index (κ2) is 64.6. The van der Waals surface area contributed by atoms with Crippen LogP contribution in [0.3, 0.4) is 0 Å². The van der Waals surface area contributed by atoms with Crippen LogP contribution in [0.1, 0.15) is 344 Å². The Morgan fingerprint density at radius 3 is 1.03 bits per heavy atom. The van der Waals surface area contributed by atoms with Crippen molar-refractivity contribution in [2.75, 3.05) is 85.9 Å². The topological polar surface area (TPSA) is 153 Å². The van der Waals surface area contributed by atoms with E-state index in [9.17, 15) is 24.0 Å². The van der Waals surface area contributed by atoms with Crippen molar-refractivity contribution in [1.82, 2.24) is 20.4 Å². The molecule has 0 aliphatic heterocycles. The molecule has 1 rings (SSSR count). The van der Waals surface area contributed by atoms with Crippen molar-refractivity contribution in [2.45, 2.75) is 323 Å². The summed E-state index contributed by atoms with van der Waals surface area (Å²) in [5.41, 5.74) is 1.03. The van der Waals surface area contributed by atoms with E-state index < -0.39 is 0 Å². The molecule has 0 saturated carbocycles. The Balaban J connectivity index is 2.66. The molecular weight excluding hydrogens is 1110 g/mol. The van der Waals surface area contributed by atoms with Crippen LogP contribution in [0.4, 0.5) is 0 Å². The first-order valence-electron chi connectivity index (χ1n) is 37.7. The number of esters is 2. The van der Waals surface area contributed by atoms with Crippen molar-refractivity contribution in [3.05, 3.63) is 35.4 Å². The minimum absolute atomic E-state index is 0.0296. The van der Waals surface area contributed by atoms with Crippen LogP contribution >= 0.6 is 0 Å². The number of unbranched alkanes of at least 4 members (excludes halogenated alkanes) is 32. The Morgan fingerprint density at radius 2 is 0.685 bits per heavy atom. The molecule has 0 aliphatic carbocycles. The quantitative estimate of drug-likeness (QED) is 0.0277. The third-order valence-electron chi connectivity index (χ3n) is 17.9. The van der Waals surface area contributed by atoms with Gasteiger partial charge in [-0.25, -0.2) is 0 Å². The van der Waals surface area contributed by atoms with E-state index in [1.54, 1.807) is 25.3 Å². The summed E-state index contributed by atoms with van der Waals surface area (Å²) < 4.78 is 21.6. The number of nitrogens with one attached hydrogen (secondary N) is 2. The second-order valence-corrected chi connectivity index (χ2v) is 26.1. The van der Waals surface area contributed by atoms with Crippen molar-refractivity contribution < 1.29 is 42.9 Å². The van der Waals surface area contributed by atoms with Gasteiger partial charge in [-0.1, -0.05) is 239 Å². The second-order valence-electron chi connectivity index (χ2n) is 26.1. The lowest BCUT2D eigenvalue weighted by Crippen LogP contribution is -2.32. The molecule has 0 bridgehead atoms. The molecule has 0 aromatic heterocycles. The molecule has 89 heavy (non-hydrogen) atoms. The highest BCUT2D eigenvalue weighted by Gasteiger charge is 2.21. The first kappa shape index (κ1) is 83.5. The van der Waals surface area contributed by atoms with Crippen molar-refractivity contribution in [3.8, 4) is 0 Å². The summed E-state index contributed by atoms with van der Waals surface area (Å²) in [6, 6.07) is 7.14. The van der Waals surface area contributed by atoms with Gasteiger partial charge in [0.25, 0.3) is 18.3 Å². The smallest absolute Gasteiger partial charge is 0.308 e. The Morgan fingerprint density at radius 1 is 0.382 bits per heavy atom. The van der Waals surface area contributed by atoms with Crippen LogP contribution in [0.2, 0.25) is 0 Å².